The second kappa shape index (κ2) is 8.31. The lowest BCUT2D eigenvalue weighted by atomic mass is 10.2. The van der Waals surface area contributed by atoms with Crippen molar-refractivity contribution in [1.82, 2.24) is 19.6 Å². The van der Waals surface area contributed by atoms with Gasteiger partial charge in [0, 0.05) is 45.0 Å². The zero-order chi connectivity index (χ0) is 16.8. The maximum absolute atomic E-state index is 12.3. The third kappa shape index (κ3) is 4.94. The number of aliphatic hydroxyl groups excluding tert-OH is 1. The van der Waals surface area contributed by atoms with Crippen LogP contribution in [0.1, 0.15) is 27.2 Å². The third-order valence-electron chi connectivity index (χ3n) is 4.24. The highest BCUT2D eigenvalue weighted by Crippen LogP contribution is 2.12. The summed E-state index contributed by atoms with van der Waals surface area (Å²) < 4.78 is 1.85. The number of urea groups is 1. The number of nitrogens with one attached hydrogen (secondary N) is 1. The number of hydrogen-bond donors (Lipinski definition) is 2. The number of carbonyl (C=O) groups excluding carboxylic acids is 1. The number of amides is 2. The lowest BCUT2D eigenvalue weighted by Gasteiger charge is -2.38. The minimum atomic E-state index is -0.0780. The molecule has 0 spiro atoms. The van der Waals surface area contributed by atoms with E-state index in [-0.39, 0.29) is 18.7 Å². The smallest absolute Gasteiger partial charge is 0.322 e. The molecule has 0 saturated carbocycles. The van der Waals surface area contributed by atoms with Crippen LogP contribution in [-0.2, 0) is 6.54 Å². The van der Waals surface area contributed by atoms with E-state index in [1.54, 1.807) is 6.20 Å². The van der Waals surface area contributed by atoms with Gasteiger partial charge in [0.15, 0.2) is 0 Å². The van der Waals surface area contributed by atoms with Crippen LogP contribution >= 0.6 is 0 Å². The lowest BCUT2D eigenvalue weighted by Crippen LogP contribution is -2.53. The van der Waals surface area contributed by atoms with E-state index in [1.165, 1.54) is 0 Å². The first-order valence-corrected chi connectivity index (χ1v) is 8.46. The largest absolute Gasteiger partial charge is 0.395 e. The topological polar surface area (TPSA) is 73.6 Å². The molecule has 0 aliphatic carbocycles. The molecule has 2 heterocycles. The molecular formula is C16H29N5O2. The standard InChI is InChI=1S/C16H29N5O2/c1-4-15(12-22)19-5-7-20(8-6-19)16(23)18-14-9-17-21(11-14)10-13(2)3/h9,11,13,15,22H,4-8,10,12H2,1-3H3,(H,18,23). The molecule has 1 unspecified atom stereocenters. The third-order valence-corrected chi connectivity index (χ3v) is 4.24. The van der Waals surface area contributed by atoms with Crippen LogP contribution < -0.4 is 5.32 Å². The number of hydrogen-bond acceptors (Lipinski definition) is 4. The summed E-state index contributed by atoms with van der Waals surface area (Å²) in [5.41, 5.74) is 0.736. The molecule has 0 bridgehead atoms. The zero-order valence-electron chi connectivity index (χ0n) is 14.4. The van der Waals surface area contributed by atoms with E-state index in [2.05, 4.69) is 36.1 Å². The van der Waals surface area contributed by atoms with Crippen LogP contribution in [0.4, 0.5) is 10.5 Å². The van der Waals surface area contributed by atoms with Gasteiger partial charge in [0.2, 0.25) is 0 Å². The zero-order valence-corrected chi connectivity index (χ0v) is 14.4. The van der Waals surface area contributed by atoms with Crippen LogP contribution in [0.25, 0.3) is 0 Å². The number of piperazine rings is 1. The van der Waals surface area contributed by atoms with E-state index < -0.39 is 0 Å². The van der Waals surface area contributed by atoms with Crippen LogP contribution in [-0.4, -0.2) is 69.5 Å². The van der Waals surface area contributed by atoms with Gasteiger partial charge in [-0.25, -0.2) is 4.79 Å². The van der Waals surface area contributed by atoms with E-state index in [1.807, 2.05) is 15.8 Å². The van der Waals surface area contributed by atoms with Crippen molar-refractivity contribution in [1.29, 1.82) is 0 Å². The van der Waals surface area contributed by atoms with Crippen molar-refractivity contribution in [3.05, 3.63) is 12.4 Å². The minimum absolute atomic E-state index is 0.0780. The molecule has 1 atom stereocenters. The molecule has 2 rings (SSSR count). The molecule has 130 valence electrons. The molecule has 1 fully saturated rings. The Morgan fingerprint density at radius 3 is 2.61 bits per heavy atom. The first-order valence-electron chi connectivity index (χ1n) is 8.46. The summed E-state index contributed by atoms with van der Waals surface area (Å²) in [5.74, 6) is 0.518. The number of nitrogens with zero attached hydrogens (tertiary/aromatic N) is 4. The van der Waals surface area contributed by atoms with Crippen molar-refractivity contribution in [2.75, 3.05) is 38.1 Å². The van der Waals surface area contributed by atoms with Crippen molar-refractivity contribution >= 4 is 11.7 Å². The summed E-state index contributed by atoms with van der Waals surface area (Å²) in [4.78, 5) is 16.4. The SMILES string of the molecule is CCC(CO)N1CCN(C(=O)Nc2cnn(CC(C)C)c2)CC1. The molecule has 2 amide bonds. The van der Waals surface area contributed by atoms with Gasteiger partial charge < -0.3 is 15.3 Å². The highest BCUT2D eigenvalue weighted by molar-refractivity contribution is 5.89. The fraction of sp³-hybridized carbons (Fsp3) is 0.750. The molecule has 1 aromatic heterocycles. The number of carbonyl (C=O) groups is 1. The van der Waals surface area contributed by atoms with Gasteiger partial charge in [-0.15, -0.1) is 0 Å². The van der Waals surface area contributed by atoms with Crippen LogP contribution in [0.3, 0.4) is 0 Å². The Bertz CT molecular complexity index is 490. The van der Waals surface area contributed by atoms with Gasteiger partial charge in [-0.1, -0.05) is 20.8 Å². The van der Waals surface area contributed by atoms with E-state index >= 15 is 0 Å². The molecule has 7 heteroatoms. The molecule has 23 heavy (non-hydrogen) atoms. The highest BCUT2D eigenvalue weighted by atomic mass is 16.3. The second-order valence-electron chi connectivity index (χ2n) is 6.54. The maximum atomic E-state index is 12.3. The average Bonchev–Trinajstić information content (AvgIpc) is 2.95. The molecule has 2 N–H and O–H groups in total. The number of anilines is 1. The Kier molecular flexibility index (Phi) is 6.41. The van der Waals surface area contributed by atoms with Crippen LogP contribution in [0.15, 0.2) is 12.4 Å². The fourth-order valence-corrected chi connectivity index (χ4v) is 2.90. The van der Waals surface area contributed by atoms with E-state index in [4.69, 9.17) is 0 Å². The molecule has 0 aromatic carbocycles. The van der Waals surface area contributed by atoms with E-state index in [0.29, 0.717) is 19.0 Å². The van der Waals surface area contributed by atoms with Crippen molar-refractivity contribution in [3.8, 4) is 0 Å². The Hall–Kier alpha value is -1.60. The van der Waals surface area contributed by atoms with Crippen LogP contribution in [0.5, 0.6) is 0 Å². The second-order valence-corrected chi connectivity index (χ2v) is 6.54. The summed E-state index contributed by atoms with van der Waals surface area (Å²) in [7, 11) is 0. The van der Waals surface area contributed by atoms with Crippen LogP contribution in [0.2, 0.25) is 0 Å². The Morgan fingerprint density at radius 1 is 1.35 bits per heavy atom. The van der Waals surface area contributed by atoms with E-state index in [0.717, 1.165) is 31.7 Å². The van der Waals surface area contributed by atoms with Crippen molar-refractivity contribution in [2.45, 2.75) is 39.8 Å². The Morgan fingerprint density at radius 2 is 2.04 bits per heavy atom. The number of aromatic nitrogens is 2. The maximum Gasteiger partial charge on any atom is 0.322 e. The van der Waals surface area contributed by atoms with Gasteiger partial charge in [-0.05, 0) is 12.3 Å². The summed E-state index contributed by atoms with van der Waals surface area (Å²) in [6.07, 6.45) is 4.49. The molecule has 1 saturated heterocycles. The fourth-order valence-electron chi connectivity index (χ4n) is 2.90. The van der Waals surface area contributed by atoms with Crippen molar-refractivity contribution in [3.63, 3.8) is 0 Å². The first-order chi connectivity index (χ1) is 11.0. The van der Waals surface area contributed by atoms with Gasteiger partial charge in [0.05, 0.1) is 18.5 Å². The molecule has 1 aliphatic heterocycles. The first kappa shape index (κ1) is 17.7. The molecule has 1 aromatic rings. The summed E-state index contributed by atoms with van der Waals surface area (Å²) in [6.45, 7) is 10.3. The van der Waals surface area contributed by atoms with E-state index in [9.17, 15) is 9.90 Å². The quantitative estimate of drug-likeness (QED) is 0.831. The predicted octanol–water partition coefficient (Wildman–Crippen LogP) is 1.46. The van der Waals surface area contributed by atoms with Crippen molar-refractivity contribution < 1.29 is 9.90 Å². The number of rotatable bonds is 6. The van der Waals surface area contributed by atoms with Crippen LogP contribution in [0, 0.1) is 5.92 Å². The summed E-state index contributed by atoms with van der Waals surface area (Å²) in [6, 6.07) is 0.125. The Labute approximate surface area is 138 Å². The van der Waals surface area contributed by atoms with Gasteiger partial charge in [-0.2, -0.15) is 5.10 Å². The van der Waals surface area contributed by atoms with Gasteiger partial charge in [0.1, 0.15) is 0 Å². The lowest BCUT2D eigenvalue weighted by molar-refractivity contribution is 0.0766. The molecular weight excluding hydrogens is 294 g/mol. The summed E-state index contributed by atoms with van der Waals surface area (Å²) >= 11 is 0. The monoisotopic (exact) mass is 323 g/mol. The Balaban J connectivity index is 1.82. The average molecular weight is 323 g/mol. The van der Waals surface area contributed by atoms with Crippen molar-refractivity contribution in [2.24, 2.45) is 5.92 Å². The minimum Gasteiger partial charge on any atom is -0.395 e. The van der Waals surface area contributed by atoms with Gasteiger partial charge in [-0.3, -0.25) is 9.58 Å². The summed E-state index contributed by atoms with van der Waals surface area (Å²) in [5, 5.41) is 16.5. The van der Waals surface area contributed by atoms with Gasteiger partial charge >= 0.3 is 6.03 Å². The predicted molar refractivity (Wildman–Crippen MR) is 90.4 cm³/mol. The van der Waals surface area contributed by atoms with Gasteiger partial charge in [0.25, 0.3) is 0 Å². The normalized spacial score (nSPS) is 17.5. The molecule has 1 aliphatic rings. The molecule has 0 radical (unpaired) electrons. The number of aliphatic hydroxyl groups is 1. The molecule has 7 nitrogen and oxygen atoms in total. The highest BCUT2D eigenvalue weighted by Gasteiger charge is 2.25.